The maximum absolute atomic E-state index is 12.5. The summed E-state index contributed by atoms with van der Waals surface area (Å²) >= 11 is 0. The number of anilines is 2. The number of nitro benzene ring substituents is 1. The van der Waals surface area contributed by atoms with Crippen molar-refractivity contribution in [1.29, 1.82) is 0 Å². The SMILES string of the molecule is CCN(CC(=O)Nc1ccc(OC)cc1[N+](=O)[O-])c1ccc(C)cc1C. The monoisotopic (exact) mass is 357 g/mol. The van der Waals surface area contributed by atoms with Gasteiger partial charge in [-0.25, -0.2) is 0 Å². The number of rotatable bonds is 7. The second kappa shape index (κ2) is 8.33. The first kappa shape index (κ1) is 19.2. The van der Waals surface area contributed by atoms with Crippen LogP contribution in [0.2, 0.25) is 0 Å². The molecule has 2 aromatic rings. The molecule has 0 fully saturated rings. The number of hydrogen-bond donors (Lipinski definition) is 1. The molecule has 0 unspecified atom stereocenters. The van der Waals surface area contributed by atoms with Crippen LogP contribution in [-0.4, -0.2) is 31.0 Å². The Balaban J connectivity index is 2.18. The van der Waals surface area contributed by atoms with Crippen molar-refractivity contribution in [1.82, 2.24) is 0 Å². The molecule has 0 bridgehead atoms. The summed E-state index contributed by atoms with van der Waals surface area (Å²) in [4.78, 5) is 25.1. The van der Waals surface area contributed by atoms with Gasteiger partial charge in [-0.1, -0.05) is 17.7 Å². The minimum atomic E-state index is -0.542. The first-order chi connectivity index (χ1) is 12.3. The van der Waals surface area contributed by atoms with Gasteiger partial charge in [-0.2, -0.15) is 0 Å². The molecule has 0 aromatic heterocycles. The fourth-order valence-corrected chi connectivity index (χ4v) is 2.79. The van der Waals surface area contributed by atoms with Gasteiger partial charge in [0, 0.05) is 12.2 Å². The number of benzene rings is 2. The van der Waals surface area contributed by atoms with Gasteiger partial charge >= 0.3 is 0 Å². The number of hydrogen-bond acceptors (Lipinski definition) is 5. The van der Waals surface area contributed by atoms with Crippen molar-refractivity contribution in [2.75, 3.05) is 30.4 Å². The van der Waals surface area contributed by atoms with E-state index >= 15 is 0 Å². The summed E-state index contributed by atoms with van der Waals surface area (Å²) in [7, 11) is 1.43. The van der Waals surface area contributed by atoms with Crippen molar-refractivity contribution in [2.45, 2.75) is 20.8 Å². The smallest absolute Gasteiger partial charge is 0.296 e. The Morgan fingerprint density at radius 3 is 2.54 bits per heavy atom. The largest absolute Gasteiger partial charge is 0.496 e. The number of methoxy groups -OCH3 is 1. The summed E-state index contributed by atoms with van der Waals surface area (Å²) < 4.78 is 5.00. The molecule has 0 radical (unpaired) electrons. The molecule has 1 amide bonds. The van der Waals surface area contributed by atoms with Crippen molar-refractivity contribution in [3.05, 3.63) is 57.6 Å². The lowest BCUT2D eigenvalue weighted by atomic mass is 10.1. The number of nitrogens with one attached hydrogen (secondary N) is 1. The zero-order chi connectivity index (χ0) is 19.3. The van der Waals surface area contributed by atoms with Gasteiger partial charge in [0.25, 0.3) is 5.69 Å². The summed E-state index contributed by atoms with van der Waals surface area (Å²) in [5.74, 6) is 0.0419. The number of ether oxygens (including phenoxy) is 1. The second-order valence-electron chi connectivity index (χ2n) is 5.99. The van der Waals surface area contributed by atoms with E-state index < -0.39 is 4.92 Å². The highest BCUT2D eigenvalue weighted by molar-refractivity contribution is 5.96. The summed E-state index contributed by atoms with van der Waals surface area (Å²) in [6, 6.07) is 10.4. The lowest BCUT2D eigenvalue weighted by Gasteiger charge is -2.24. The molecule has 0 heterocycles. The number of nitro groups is 1. The van der Waals surface area contributed by atoms with E-state index in [1.165, 1.54) is 19.2 Å². The molecule has 2 rings (SSSR count). The average Bonchev–Trinajstić information content (AvgIpc) is 2.60. The Hall–Kier alpha value is -3.09. The Morgan fingerprint density at radius 1 is 1.23 bits per heavy atom. The Labute approximate surface area is 152 Å². The molecule has 26 heavy (non-hydrogen) atoms. The van der Waals surface area contributed by atoms with E-state index in [4.69, 9.17) is 4.74 Å². The van der Waals surface area contributed by atoms with Crippen molar-refractivity contribution < 1.29 is 14.5 Å². The normalized spacial score (nSPS) is 10.3. The van der Waals surface area contributed by atoms with Crippen LogP contribution in [0.15, 0.2) is 36.4 Å². The van der Waals surface area contributed by atoms with E-state index in [0.29, 0.717) is 12.3 Å². The summed E-state index contributed by atoms with van der Waals surface area (Å²) in [6.07, 6.45) is 0. The van der Waals surface area contributed by atoms with E-state index in [1.807, 2.05) is 37.8 Å². The third kappa shape index (κ3) is 4.50. The quantitative estimate of drug-likeness (QED) is 0.603. The van der Waals surface area contributed by atoms with Crippen LogP contribution in [0.25, 0.3) is 0 Å². The average molecular weight is 357 g/mol. The number of aryl methyl sites for hydroxylation is 2. The molecular formula is C19H23N3O4. The minimum Gasteiger partial charge on any atom is -0.496 e. The fraction of sp³-hybridized carbons (Fsp3) is 0.316. The van der Waals surface area contributed by atoms with Gasteiger partial charge in [0.1, 0.15) is 11.4 Å². The third-order valence-electron chi connectivity index (χ3n) is 4.08. The summed E-state index contributed by atoms with van der Waals surface area (Å²) in [5, 5.41) is 13.9. The van der Waals surface area contributed by atoms with Gasteiger partial charge in [0.2, 0.25) is 5.91 Å². The van der Waals surface area contributed by atoms with Crippen LogP contribution in [0.5, 0.6) is 5.75 Å². The zero-order valence-corrected chi connectivity index (χ0v) is 15.4. The molecule has 138 valence electrons. The second-order valence-corrected chi connectivity index (χ2v) is 5.99. The molecule has 0 saturated heterocycles. The third-order valence-corrected chi connectivity index (χ3v) is 4.08. The van der Waals surface area contributed by atoms with Gasteiger partial charge in [-0.3, -0.25) is 14.9 Å². The van der Waals surface area contributed by atoms with Gasteiger partial charge in [0.05, 0.1) is 24.6 Å². The van der Waals surface area contributed by atoms with Crippen LogP contribution in [0, 0.1) is 24.0 Å². The number of nitrogens with zero attached hydrogens (tertiary/aromatic N) is 2. The Morgan fingerprint density at radius 2 is 1.96 bits per heavy atom. The van der Waals surface area contributed by atoms with E-state index in [2.05, 4.69) is 11.4 Å². The predicted molar refractivity (Wildman–Crippen MR) is 102 cm³/mol. The van der Waals surface area contributed by atoms with Crippen molar-refractivity contribution in [3.8, 4) is 5.75 Å². The van der Waals surface area contributed by atoms with Gasteiger partial charge in [0.15, 0.2) is 0 Å². The van der Waals surface area contributed by atoms with E-state index in [1.54, 1.807) is 6.07 Å². The van der Waals surface area contributed by atoms with Crippen LogP contribution < -0.4 is 15.0 Å². The fourth-order valence-electron chi connectivity index (χ4n) is 2.79. The van der Waals surface area contributed by atoms with Crippen LogP contribution in [0.3, 0.4) is 0 Å². The number of likely N-dealkylation sites (N-methyl/N-ethyl adjacent to an activating group) is 1. The first-order valence-electron chi connectivity index (χ1n) is 8.30. The molecule has 0 atom stereocenters. The van der Waals surface area contributed by atoms with Crippen molar-refractivity contribution >= 4 is 23.0 Å². The van der Waals surface area contributed by atoms with Gasteiger partial charge in [-0.15, -0.1) is 0 Å². The van der Waals surface area contributed by atoms with Crippen LogP contribution >= 0.6 is 0 Å². The van der Waals surface area contributed by atoms with Crippen LogP contribution in [0.4, 0.5) is 17.1 Å². The highest BCUT2D eigenvalue weighted by Crippen LogP contribution is 2.29. The summed E-state index contributed by atoms with van der Waals surface area (Å²) in [5.41, 5.74) is 3.15. The van der Waals surface area contributed by atoms with Crippen LogP contribution in [-0.2, 0) is 4.79 Å². The molecular weight excluding hydrogens is 334 g/mol. The van der Waals surface area contributed by atoms with Gasteiger partial charge < -0.3 is 15.0 Å². The maximum atomic E-state index is 12.5. The molecule has 2 aromatic carbocycles. The molecule has 0 aliphatic carbocycles. The predicted octanol–water partition coefficient (Wildman–Crippen LogP) is 3.69. The maximum Gasteiger partial charge on any atom is 0.296 e. The molecule has 7 nitrogen and oxygen atoms in total. The summed E-state index contributed by atoms with van der Waals surface area (Å²) in [6.45, 7) is 6.72. The molecule has 0 saturated carbocycles. The van der Waals surface area contributed by atoms with E-state index in [9.17, 15) is 14.9 Å². The highest BCUT2D eigenvalue weighted by Gasteiger charge is 2.19. The zero-order valence-electron chi connectivity index (χ0n) is 15.4. The molecule has 1 N–H and O–H groups in total. The first-order valence-corrected chi connectivity index (χ1v) is 8.30. The standard InChI is InChI=1S/C19H23N3O4/c1-5-21(17-9-6-13(2)10-14(17)3)12-19(23)20-16-8-7-15(26-4)11-18(16)22(24)25/h6-11H,5,12H2,1-4H3,(H,20,23). The van der Waals surface area contributed by atoms with Crippen molar-refractivity contribution in [3.63, 3.8) is 0 Å². The van der Waals surface area contributed by atoms with E-state index in [-0.39, 0.29) is 23.8 Å². The van der Waals surface area contributed by atoms with E-state index in [0.717, 1.165) is 16.8 Å². The number of carbonyl (C=O) groups is 1. The minimum absolute atomic E-state index is 0.101. The number of carbonyl (C=O) groups excluding carboxylic acids is 1. The number of amides is 1. The molecule has 0 aliphatic heterocycles. The highest BCUT2D eigenvalue weighted by atomic mass is 16.6. The van der Waals surface area contributed by atoms with Crippen LogP contribution in [0.1, 0.15) is 18.1 Å². The molecule has 7 heteroatoms. The lowest BCUT2D eigenvalue weighted by molar-refractivity contribution is -0.384. The molecule has 0 spiro atoms. The van der Waals surface area contributed by atoms with Crippen molar-refractivity contribution in [2.24, 2.45) is 0 Å². The Bertz CT molecular complexity index is 820. The lowest BCUT2D eigenvalue weighted by Crippen LogP contribution is -2.33. The molecule has 0 aliphatic rings. The van der Waals surface area contributed by atoms with Gasteiger partial charge in [-0.05, 0) is 44.5 Å². The topological polar surface area (TPSA) is 84.7 Å². The Kier molecular flexibility index (Phi) is 6.16.